The Morgan fingerprint density at radius 1 is 1.33 bits per heavy atom. The van der Waals surface area contributed by atoms with E-state index in [-0.39, 0.29) is 11.9 Å². The summed E-state index contributed by atoms with van der Waals surface area (Å²) in [5.41, 5.74) is 3.37. The highest BCUT2D eigenvalue weighted by Crippen LogP contribution is 2.20. The van der Waals surface area contributed by atoms with E-state index < -0.39 is 0 Å². The number of benzene rings is 1. The van der Waals surface area contributed by atoms with E-state index >= 15 is 0 Å². The van der Waals surface area contributed by atoms with Gasteiger partial charge >= 0.3 is 0 Å². The molecule has 1 unspecified atom stereocenters. The molecule has 1 aromatic heterocycles. The summed E-state index contributed by atoms with van der Waals surface area (Å²) < 4.78 is 0. The van der Waals surface area contributed by atoms with Crippen LogP contribution in [0.1, 0.15) is 36.2 Å². The van der Waals surface area contributed by atoms with Gasteiger partial charge in [0.25, 0.3) is 0 Å². The Kier molecular flexibility index (Phi) is 5.47. The Labute approximate surface area is 129 Å². The van der Waals surface area contributed by atoms with Crippen LogP contribution in [0.15, 0.2) is 29.6 Å². The Morgan fingerprint density at radius 2 is 2.05 bits per heavy atom. The molecule has 5 heteroatoms. The third-order valence-corrected chi connectivity index (χ3v) is 4.18. The molecule has 0 aliphatic heterocycles. The monoisotopic (exact) mass is 303 g/mol. The number of hydrogen-bond acceptors (Lipinski definition) is 4. The van der Waals surface area contributed by atoms with Crippen molar-refractivity contribution in [2.75, 3.05) is 12.4 Å². The van der Waals surface area contributed by atoms with Gasteiger partial charge in [-0.25, -0.2) is 4.98 Å². The van der Waals surface area contributed by atoms with Gasteiger partial charge in [0.2, 0.25) is 5.91 Å². The van der Waals surface area contributed by atoms with E-state index in [9.17, 15) is 4.79 Å². The van der Waals surface area contributed by atoms with Crippen LogP contribution in [-0.2, 0) is 11.2 Å². The van der Waals surface area contributed by atoms with Crippen molar-refractivity contribution in [2.45, 2.75) is 32.7 Å². The van der Waals surface area contributed by atoms with Crippen molar-refractivity contribution in [3.63, 3.8) is 0 Å². The molecule has 0 saturated heterocycles. The van der Waals surface area contributed by atoms with Crippen LogP contribution in [0.25, 0.3) is 0 Å². The molecule has 2 rings (SSSR count). The first-order valence-electron chi connectivity index (χ1n) is 7.06. The summed E-state index contributed by atoms with van der Waals surface area (Å²) >= 11 is 1.46. The van der Waals surface area contributed by atoms with Gasteiger partial charge in [-0.1, -0.05) is 29.8 Å². The van der Waals surface area contributed by atoms with E-state index in [0.29, 0.717) is 11.6 Å². The van der Waals surface area contributed by atoms with Gasteiger partial charge in [-0.15, -0.1) is 11.3 Å². The molecule has 2 aromatic rings. The molecule has 1 aromatic carbocycles. The summed E-state index contributed by atoms with van der Waals surface area (Å²) in [6.45, 7) is 4.10. The molecule has 0 saturated carbocycles. The zero-order chi connectivity index (χ0) is 15.2. The fraction of sp³-hybridized carbons (Fsp3) is 0.375. The lowest BCUT2D eigenvalue weighted by atomic mass is 10.1. The number of anilines is 1. The van der Waals surface area contributed by atoms with Crippen LogP contribution in [0.5, 0.6) is 0 Å². The van der Waals surface area contributed by atoms with Gasteiger partial charge < -0.3 is 10.6 Å². The van der Waals surface area contributed by atoms with Gasteiger partial charge in [-0.2, -0.15) is 0 Å². The van der Waals surface area contributed by atoms with Crippen LogP contribution < -0.4 is 10.6 Å². The lowest BCUT2D eigenvalue weighted by molar-refractivity contribution is -0.116. The average Bonchev–Trinajstić information content (AvgIpc) is 2.94. The fourth-order valence-electron chi connectivity index (χ4n) is 1.88. The first-order chi connectivity index (χ1) is 10.1. The van der Waals surface area contributed by atoms with Crippen LogP contribution in [0, 0.1) is 6.92 Å². The Hall–Kier alpha value is -1.72. The zero-order valence-corrected chi connectivity index (χ0v) is 13.5. The van der Waals surface area contributed by atoms with Crippen LogP contribution in [0.4, 0.5) is 5.13 Å². The van der Waals surface area contributed by atoms with Crippen molar-refractivity contribution in [3.8, 4) is 0 Å². The minimum Gasteiger partial charge on any atom is -0.312 e. The molecule has 0 bridgehead atoms. The van der Waals surface area contributed by atoms with Crippen LogP contribution in [-0.4, -0.2) is 17.9 Å². The van der Waals surface area contributed by atoms with Gasteiger partial charge in [0.1, 0.15) is 0 Å². The Morgan fingerprint density at radius 3 is 2.71 bits per heavy atom. The number of hydrogen-bond donors (Lipinski definition) is 2. The second-order valence-electron chi connectivity index (χ2n) is 5.12. The van der Waals surface area contributed by atoms with Crippen molar-refractivity contribution in [1.82, 2.24) is 10.3 Å². The Balaban J connectivity index is 1.84. The molecule has 2 N–H and O–H groups in total. The number of rotatable bonds is 6. The maximum Gasteiger partial charge on any atom is 0.226 e. The van der Waals surface area contributed by atoms with Crippen LogP contribution in [0.2, 0.25) is 0 Å². The van der Waals surface area contributed by atoms with Gasteiger partial charge in [0.05, 0.1) is 5.69 Å². The number of aryl methyl sites for hydroxylation is 2. The van der Waals surface area contributed by atoms with Crippen molar-refractivity contribution >= 4 is 22.4 Å². The first-order valence-corrected chi connectivity index (χ1v) is 7.94. The summed E-state index contributed by atoms with van der Waals surface area (Å²) in [4.78, 5) is 16.4. The predicted octanol–water partition coefficient (Wildman–Crippen LogP) is 3.30. The first kappa shape index (κ1) is 15.7. The molecule has 1 heterocycles. The number of carbonyl (C=O) groups excluding carboxylic acids is 1. The Bertz CT molecular complexity index is 592. The third kappa shape index (κ3) is 4.65. The minimum absolute atomic E-state index is 0.00795. The summed E-state index contributed by atoms with van der Waals surface area (Å²) in [7, 11) is 1.89. The van der Waals surface area contributed by atoms with Crippen LogP contribution in [0.3, 0.4) is 0 Å². The van der Waals surface area contributed by atoms with Crippen molar-refractivity contribution in [2.24, 2.45) is 0 Å². The van der Waals surface area contributed by atoms with Crippen molar-refractivity contribution < 1.29 is 4.79 Å². The fourth-order valence-corrected chi connectivity index (χ4v) is 2.70. The highest BCUT2D eigenvalue weighted by molar-refractivity contribution is 7.13. The number of carbonyl (C=O) groups is 1. The minimum atomic E-state index is 0.00795. The van der Waals surface area contributed by atoms with E-state index in [0.717, 1.165) is 12.1 Å². The molecule has 0 aliphatic rings. The smallest absolute Gasteiger partial charge is 0.226 e. The second kappa shape index (κ2) is 7.33. The van der Waals surface area contributed by atoms with Crippen molar-refractivity contribution in [1.29, 1.82) is 0 Å². The average molecular weight is 303 g/mol. The highest BCUT2D eigenvalue weighted by atomic mass is 32.1. The molecular formula is C16H21N3OS. The molecule has 4 nitrogen and oxygen atoms in total. The normalized spacial score (nSPS) is 12.1. The standard InChI is InChI=1S/C16H21N3OS/c1-11-4-6-13(7-5-11)8-9-15(20)19-16-18-14(10-21-16)12(2)17-3/h4-7,10,12,17H,8-9H2,1-3H3,(H,18,19,20). The van der Waals surface area contributed by atoms with Gasteiger partial charge in [-0.05, 0) is 32.9 Å². The second-order valence-corrected chi connectivity index (χ2v) is 5.98. The van der Waals surface area contributed by atoms with E-state index in [4.69, 9.17) is 0 Å². The quantitative estimate of drug-likeness (QED) is 0.861. The molecule has 112 valence electrons. The number of nitrogens with zero attached hydrogens (tertiary/aromatic N) is 1. The van der Waals surface area contributed by atoms with E-state index in [1.807, 2.05) is 19.4 Å². The number of nitrogens with one attached hydrogen (secondary N) is 2. The van der Waals surface area contributed by atoms with Gasteiger partial charge in [-0.3, -0.25) is 4.79 Å². The lowest BCUT2D eigenvalue weighted by Gasteiger charge is -2.05. The van der Waals surface area contributed by atoms with E-state index in [1.165, 1.54) is 22.5 Å². The molecular weight excluding hydrogens is 282 g/mol. The molecule has 0 spiro atoms. The zero-order valence-electron chi connectivity index (χ0n) is 12.6. The number of amides is 1. The van der Waals surface area contributed by atoms with Gasteiger partial charge in [0, 0.05) is 17.8 Å². The molecule has 0 aliphatic carbocycles. The summed E-state index contributed by atoms with van der Waals surface area (Å²) in [6.07, 6.45) is 1.22. The third-order valence-electron chi connectivity index (χ3n) is 3.41. The molecule has 0 fully saturated rings. The molecule has 1 atom stereocenters. The van der Waals surface area contributed by atoms with Crippen molar-refractivity contribution in [3.05, 3.63) is 46.5 Å². The van der Waals surface area contributed by atoms with E-state index in [2.05, 4.69) is 46.8 Å². The van der Waals surface area contributed by atoms with E-state index in [1.54, 1.807) is 0 Å². The lowest BCUT2D eigenvalue weighted by Crippen LogP contribution is -2.14. The number of thiazole rings is 1. The molecule has 1 amide bonds. The summed E-state index contributed by atoms with van der Waals surface area (Å²) in [6, 6.07) is 8.47. The largest absolute Gasteiger partial charge is 0.312 e. The molecule has 21 heavy (non-hydrogen) atoms. The maximum absolute atomic E-state index is 11.9. The maximum atomic E-state index is 11.9. The van der Waals surface area contributed by atoms with Gasteiger partial charge in [0.15, 0.2) is 5.13 Å². The predicted molar refractivity (Wildman–Crippen MR) is 87.7 cm³/mol. The molecule has 0 radical (unpaired) electrons. The topological polar surface area (TPSA) is 54.0 Å². The van der Waals surface area contributed by atoms with Crippen LogP contribution >= 0.6 is 11.3 Å². The SMILES string of the molecule is CNC(C)c1csc(NC(=O)CCc2ccc(C)cc2)n1. The highest BCUT2D eigenvalue weighted by Gasteiger charge is 2.10. The summed E-state index contributed by atoms with van der Waals surface area (Å²) in [5, 5.41) is 8.63. The summed E-state index contributed by atoms with van der Waals surface area (Å²) in [5.74, 6) is 0.00795. The number of aromatic nitrogens is 1.